The van der Waals surface area contributed by atoms with Gasteiger partial charge in [-0.05, 0) is 31.7 Å². The van der Waals surface area contributed by atoms with E-state index in [4.69, 9.17) is 5.73 Å². The first kappa shape index (κ1) is 15.7. The molecule has 0 radical (unpaired) electrons. The quantitative estimate of drug-likeness (QED) is 0.828. The average Bonchev–Trinajstić information content (AvgIpc) is 2.33. The van der Waals surface area contributed by atoms with Gasteiger partial charge in [-0.15, -0.1) is 0 Å². The maximum atomic E-state index is 12.0. The molecule has 1 rings (SSSR count). The van der Waals surface area contributed by atoms with E-state index >= 15 is 0 Å². The molecule has 0 aromatic heterocycles. The summed E-state index contributed by atoms with van der Waals surface area (Å²) in [4.78, 5) is 12.0. The minimum absolute atomic E-state index is 0.0644. The van der Waals surface area contributed by atoms with Gasteiger partial charge in [0.25, 0.3) is 0 Å². The summed E-state index contributed by atoms with van der Waals surface area (Å²) in [5, 5.41) is 3.11. The van der Waals surface area contributed by atoms with Crippen LogP contribution >= 0.6 is 0 Å². The summed E-state index contributed by atoms with van der Waals surface area (Å²) in [5.41, 5.74) is 6.76. The molecular weight excluding hydrogens is 236 g/mol. The fourth-order valence-electron chi connectivity index (χ4n) is 1.98. The second-order valence-electron chi connectivity index (χ2n) is 6.19. The van der Waals surface area contributed by atoms with E-state index in [-0.39, 0.29) is 17.5 Å². The highest BCUT2D eigenvalue weighted by molar-refractivity contribution is 5.76. The predicted molar refractivity (Wildman–Crippen MR) is 79.7 cm³/mol. The Morgan fingerprint density at radius 3 is 2.32 bits per heavy atom. The fraction of sp³-hybridized carbons (Fsp3) is 0.562. The first-order valence-corrected chi connectivity index (χ1v) is 6.93. The number of carbonyl (C=O) groups is 1. The zero-order chi connectivity index (χ0) is 14.5. The highest BCUT2D eigenvalue weighted by Crippen LogP contribution is 2.21. The molecule has 0 heterocycles. The van der Waals surface area contributed by atoms with Gasteiger partial charge >= 0.3 is 0 Å². The average molecular weight is 262 g/mol. The molecule has 1 amide bonds. The van der Waals surface area contributed by atoms with E-state index in [0.29, 0.717) is 18.8 Å². The van der Waals surface area contributed by atoms with Crippen LogP contribution in [0.5, 0.6) is 0 Å². The van der Waals surface area contributed by atoms with Crippen molar-refractivity contribution in [2.24, 2.45) is 11.7 Å². The SMILES string of the molecule is CC(C)C(NC(=O)CCC(C)(C)N)c1ccccc1. The number of rotatable bonds is 6. The molecule has 0 fully saturated rings. The van der Waals surface area contributed by atoms with Crippen LogP contribution in [0.2, 0.25) is 0 Å². The summed E-state index contributed by atoms with van der Waals surface area (Å²) in [6.07, 6.45) is 1.16. The number of hydrogen-bond acceptors (Lipinski definition) is 2. The number of nitrogens with two attached hydrogens (primary N) is 1. The Labute approximate surface area is 116 Å². The summed E-state index contributed by atoms with van der Waals surface area (Å²) in [5.74, 6) is 0.429. The molecule has 3 N–H and O–H groups in total. The van der Waals surface area contributed by atoms with Crippen LogP contribution in [0.25, 0.3) is 0 Å². The van der Waals surface area contributed by atoms with Crippen molar-refractivity contribution in [3.63, 3.8) is 0 Å². The van der Waals surface area contributed by atoms with Gasteiger partial charge in [-0.1, -0.05) is 44.2 Å². The molecule has 0 saturated carbocycles. The second kappa shape index (κ2) is 6.71. The van der Waals surface area contributed by atoms with Crippen molar-refractivity contribution in [3.05, 3.63) is 35.9 Å². The van der Waals surface area contributed by atoms with E-state index in [1.807, 2.05) is 32.0 Å². The van der Waals surface area contributed by atoms with Gasteiger partial charge in [0.1, 0.15) is 0 Å². The normalized spacial score (nSPS) is 13.4. The van der Waals surface area contributed by atoms with E-state index in [9.17, 15) is 4.79 Å². The van der Waals surface area contributed by atoms with Crippen LogP contribution in [0.15, 0.2) is 30.3 Å². The van der Waals surface area contributed by atoms with Crippen molar-refractivity contribution in [2.75, 3.05) is 0 Å². The summed E-state index contributed by atoms with van der Waals surface area (Å²) >= 11 is 0. The zero-order valence-electron chi connectivity index (χ0n) is 12.4. The highest BCUT2D eigenvalue weighted by Gasteiger charge is 2.19. The molecule has 3 heteroatoms. The molecule has 0 aliphatic heterocycles. The molecule has 106 valence electrons. The van der Waals surface area contributed by atoms with E-state index in [0.717, 1.165) is 5.56 Å². The van der Waals surface area contributed by atoms with Crippen LogP contribution in [-0.4, -0.2) is 11.4 Å². The Balaban J connectivity index is 2.63. The van der Waals surface area contributed by atoms with E-state index < -0.39 is 0 Å². The Morgan fingerprint density at radius 2 is 1.84 bits per heavy atom. The third-order valence-corrected chi connectivity index (χ3v) is 3.14. The third-order valence-electron chi connectivity index (χ3n) is 3.14. The molecule has 0 bridgehead atoms. The summed E-state index contributed by atoms with van der Waals surface area (Å²) in [6.45, 7) is 8.12. The number of amides is 1. The summed E-state index contributed by atoms with van der Waals surface area (Å²) in [7, 11) is 0. The lowest BCUT2D eigenvalue weighted by atomic mass is 9.95. The Bertz CT molecular complexity index is 393. The standard InChI is InChI=1S/C16H26N2O/c1-12(2)15(13-8-6-5-7-9-13)18-14(19)10-11-16(3,4)17/h5-9,12,15H,10-11,17H2,1-4H3,(H,18,19). The second-order valence-corrected chi connectivity index (χ2v) is 6.19. The molecule has 1 atom stereocenters. The van der Waals surface area contributed by atoms with Crippen LogP contribution in [0.3, 0.4) is 0 Å². The Kier molecular flexibility index (Phi) is 5.55. The van der Waals surface area contributed by atoms with Crippen LogP contribution in [0.1, 0.15) is 52.1 Å². The zero-order valence-corrected chi connectivity index (χ0v) is 12.4. The van der Waals surface area contributed by atoms with Crippen LogP contribution < -0.4 is 11.1 Å². The van der Waals surface area contributed by atoms with Crippen molar-refractivity contribution in [3.8, 4) is 0 Å². The van der Waals surface area contributed by atoms with Gasteiger partial charge in [0, 0.05) is 12.0 Å². The molecule has 1 unspecified atom stereocenters. The van der Waals surface area contributed by atoms with Crippen molar-refractivity contribution < 1.29 is 4.79 Å². The number of nitrogens with one attached hydrogen (secondary N) is 1. The van der Waals surface area contributed by atoms with Crippen LogP contribution in [0.4, 0.5) is 0 Å². The minimum atomic E-state index is -0.294. The number of carbonyl (C=O) groups excluding carboxylic acids is 1. The van der Waals surface area contributed by atoms with Gasteiger partial charge in [-0.2, -0.15) is 0 Å². The monoisotopic (exact) mass is 262 g/mol. The van der Waals surface area contributed by atoms with Crippen molar-refractivity contribution >= 4 is 5.91 Å². The Morgan fingerprint density at radius 1 is 1.26 bits per heavy atom. The molecule has 0 aliphatic carbocycles. The van der Waals surface area contributed by atoms with Gasteiger partial charge in [0.2, 0.25) is 5.91 Å². The van der Waals surface area contributed by atoms with Gasteiger partial charge in [0.05, 0.1) is 6.04 Å². The highest BCUT2D eigenvalue weighted by atomic mass is 16.1. The van der Waals surface area contributed by atoms with Crippen LogP contribution in [-0.2, 0) is 4.79 Å². The predicted octanol–water partition coefficient (Wildman–Crippen LogP) is 3.02. The smallest absolute Gasteiger partial charge is 0.220 e. The summed E-state index contributed by atoms with van der Waals surface area (Å²) in [6, 6.07) is 10.2. The summed E-state index contributed by atoms with van der Waals surface area (Å²) < 4.78 is 0. The van der Waals surface area contributed by atoms with Crippen molar-refractivity contribution in [2.45, 2.75) is 52.1 Å². The molecule has 19 heavy (non-hydrogen) atoms. The maximum absolute atomic E-state index is 12.0. The lowest BCUT2D eigenvalue weighted by Gasteiger charge is -2.24. The molecule has 0 spiro atoms. The molecular formula is C16H26N2O. The molecule has 3 nitrogen and oxygen atoms in total. The van der Waals surface area contributed by atoms with Gasteiger partial charge in [-0.3, -0.25) is 4.79 Å². The lowest BCUT2D eigenvalue weighted by molar-refractivity contribution is -0.122. The van der Waals surface area contributed by atoms with Crippen molar-refractivity contribution in [1.29, 1.82) is 0 Å². The minimum Gasteiger partial charge on any atom is -0.349 e. The maximum Gasteiger partial charge on any atom is 0.220 e. The van der Waals surface area contributed by atoms with Gasteiger partial charge in [0.15, 0.2) is 0 Å². The van der Waals surface area contributed by atoms with E-state index in [2.05, 4.69) is 31.3 Å². The first-order chi connectivity index (χ1) is 8.79. The van der Waals surface area contributed by atoms with Crippen molar-refractivity contribution in [1.82, 2.24) is 5.32 Å². The fourth-order valence-corrected chi connectivity index (χ4v) is 1.98. The first-order valence-electron chi connectivity index (χ1n) is 6.93. The topological polar surface area (TPSA) is 55.1 Å². The third kappa shape index (κ3) is 5.88. The van der Waals surface area contributed by atoms with Gasteiger partial charge < -0.3 is 11.1 Å². The molecule has 0 saturated heterocycles. The molecule has 1 aromatic carbocycles. The van der Waals surface area contributed by atoms with E-state index in [1.165, 1.54) is 0 Å². The molecule has 1 aromatic rings. The largest absolute Gasteiger partial charge is 0.349 e. The number of benzene rings is 1. The lowest BCUT2D eigenvalue weighted by Crippen LogP contribution is -2.36. The molecule has 0 aliphatic rings. The van der Waals surface area contributed by atoms with Crippen LogP contribution in [0, 0.1) is 5.92 Å². The number of hydrogen-bond donors (Lipinski definition) is 2. The Hall–Kier alpha value is -1.35. The van der Waals surface area contributed by atoms with E-state index in [1.54, 1.807) is 0 Å². The van der Waals surface area contributed by atoms with Gasteiger partial charge in [-0.25, -0.2) is 0 Å².